The second kappa shape index (κ2) is 20.0. The number of benzene rings is 1. The van der Waals surface area contributed by atoms with Crippen LogP contribution < -0.4 is 0 Å². The zero-order chi connectivity index (χ0) is 33.5. The quantitative estimate of drug-likeness (QED) is 0.0926. The van der Waals surface area contributed by atoms with Gasteiger partial charge in [-0.25, -0.2) is 9.59 Å². The molecule has 2 aliphatic carbocycles. The second-order valence-electron chi connectivity index (χ2n) is 14.4. The van der Waals surface area contributed by atoms with E-state index in [4.69, 9.17) is 14.2 Å². The molecule has 0 radical (unpaired) electrons. The number of carbonyl (C=O) groups excluding carboxylic acids is 2. The van der Waals surface area contributed by atoms with Crippen LogP contribution in [-0.2, 0) is 30.2 Å². The smallest absolute Gasteiger partial charge is 0.335 e. The van der Waals surface area contributed by atoms with Crippen LogP contribution in [0.4, 0.5) is 0 Å². The highest BCUT2D eigenvalue weighted by Crippen LogP contribution is 2.44. The van der Waals surface area contributed by atoms with E-state index in [2.05, 4.69) is 44.3 Å². The summed E-state index contributed by atoms with van der Waals surface area (Å²) in [6.45, 7) is 14.9. The van der Waals surface area contributed by atoms with E-state index in [-0.39, 0.29) is 31.3 Å². The van der Waals surface area contributed by atoms with Crippen molar-refractivity contribution in [1.82, 2.24) is 0 Å². The molecule has 46 heavy (non-hydrogen) atoms. The van der Waals surface area contributed by atoms with Gasteiger partial charge in [-0.2, -0.15) is 0 Å². The summed E-state index contributed by atoms with van der Waals surface area (Å²) in [6.07, 6.45) is 17.2. The third kappa shape index (κ3) is 13.0. The lowest BCUT2D eigenvalue weighted by Gasteiger charge is -2.38. The maximum Gasteiger partial charge on any atom is 0.335 e. The van der Waals surface area contributed by atoms with Crippen LogP contribution in [0, 0.1) is 23.7 Å². The Balaban J connectivity index is 1.44. The molecular formula is C40H62O6. The van der Waals surface area contributed by atoms with E-state index in [1.54, 1.807) is 20.8 Å². The van der Waals surface area contributed by atoms with E-state index < -0.39 is 24.1 Å². The van der Waals surface area contributed by atoms with E-state index >= 15 is 0 Å². The first-order chi connectivity index (χ1) is 22.1. The fourth-order valence-electron chi connectivity index (χ4n) is 7.14. The van der Waals surface area contributed by atoms with Gasteiger partial charge < -0.3 is 19.3 Å². The van der Waals surface area contributed by atoms with Gasteiger partial charge >= 0.3 is 11.9 Å². The molecule has 3 atom stereocenters. The molecular weight excluding hydrogens is 576 g/mol. The number of esters is 2. The van der Waals surface area contributed by atoms with Crippen LogP contribution in [-0.4, -0.2) is 49.1 Å². The van der Waals surface area contributed by atoms with Gasteiger partial charge in [0.25, 0.3) is 0 Å². The molecule has 2 aliphatic rings. The summed E-state index contributed by atoms with van der Waals surface area (Å²) in [7, 11) is 0. The number of rotatable bonds is 19. The lowest BCUT2D eigenvalue weighted by molar-refractivity contribution is -0.145. The molecule has 3 rings (SSSR count). The van der Waals surface area contributed by atoms with Crippen molar-refractivity contribution in [2.24, 2.45) is 23.7 Å². The molecule has 3 unspecified atom stereocenters. The van der Waals surface area contributed by atoms with Crippen LogP contribution in [0.1, 0.15) is 128 Å². The van der Waals surface area contributed by atoms with Gasteiger partial charge in [0.15, 0.2) is 0 Å². The number of ether oxygens (including phenoxy) is 3. The van der Waals surface area contributed by atoms with E-state index in [9.17, 15) is 14.7 Å². The average molecular weight is 639 g/mol. The zero-order valence-electron chi connectivity index (χ0n) is 29.3. The van der Waals surface area contributed by atoms with Gasteiger partial charge in [-0.1, -0.05) is 82.9 Å². The molecule has 0 saturated heterocycles. The molecule has 0 amide bonds. The number of aliphatic hydroxyl groups excluding tert-OH is 1. The van der Waals surface area contributed by atoms with Crippen LogP contribution in [0.3, 0.4) is 0 Å². The van der Waals surface area contributed by atoms with Crippen molar-refractivity contribution in [1.29, 1.82) is 0 Å². The monoisotopic (exact) mass is 638 g/mol. The Kier molecular flexibility index (Phi) is 16.6. The second-order valence-corrected chi connectivity index (χ2v) is 14.4. The SMILES string of the molecule is C=C(C)C(=O)OCC(CCc1ccc(C2CCC(C3CCC(CCCCC)CC3)CC2)cc1)COC(=O)C(=C)COC(C)C(C)O. The Hall–Kier alpha value is -2.44. The van der Waals surface area contributed by atoms with Gasteiger partial charge in [-0.15, -0.1) is 0 Å². The number of aliphatic hydroxyl groups is 1. The van der Waals surface area contributed by atoms with Crippen LogP contribution in [0.5, 0.6) is 0 Å². The van der Waals surface area contributed by atoms with E-state index in [1.807, 2.05) is 0 Å². The van der Waals surface area contributed by atoms with Crippen molar-refractivity contribution in [2.75, 3.05) is 19.8 Å². The van der Waals surface area contributed by atoms with Crippen LogP contribution in [0.25, 0.3) is 0 Å². The minimum absolute atomic E-state index is 0.0194. The molecule has 6 heteroatoms. The summed E-state index contributed by atoms with van der Waals surface area (Å²) in [5.74, 6) is 2.36. The summed E-state index contributed by atoms with van der Waals surface area (Å²) < 4.78 is 16.4. The maximum atomic E-state index is 12.5. The molecule has 6 nitrogen and oxygen atoms in total. The van der Waals surface area contributed by atoms with Crippen molar-refractivity contribution >= 4 is 11.9 Å². The maximum absolute atomic E-state index is 12.5. The van der Waals surface area contributed by atoms with Gasteiger partial charge in [0.1, 0.15) is 0 Å². The third-order valence-corrected chi connectivity index (χ3v) is 10.6. The zero-order valence-corrected chi connectivity index (χ0v) is 29.3. The van der Waals surface area contributed by atoms with Gasteiger partial charge in [-0.05, 0) is 107 Å². The highest BCUT2D eigenvalue weighted by Gasteiger charge is 2.31. The Morgan fingerprint density at radius 3 is 2.02 bits per heavy atom. The van der Waals surface area contributed by atoms with Gasteiger partial charge in [0, 0.05) is 11.5 Å². The third-order valence-electron chi connectivity index (χ3n) is 10.6. The predicted molar refractivity (Wildman–Crippen MR) is 186 cm³/mol. The van der Waals surface area contributed by atoms with Crippen LogP contribution in [0.2, 0.25) is 0 Å². The standard InChI is InChI=1S/C40H62O6/c1-7-8-9-10-32-13-17-35(18-14-32)37-21-23-38(24-22-37)36-19-15-33(16-20-36)11-12-34(26-45-39(42)28(2)3)27-46-40(43)29(4)25-44-31(6)30(5)41/h15-16,19-20,30-32,34-35,37-38,41H,2,4,7-14,17-18,21-27H2,1,3,5-6H3. The molecule has 1 aromatic carbocycles. The van der Waals surface area contributed by atoms with Crippen molar-refractivity contribution in [3.8, 4) is 0 Å². The molecule has 0 spiro atoms. The summed E-state index contributed by atoms with van der Waals surface area (Å²) in [5.41, 5.74) is 3.19. The predicted octanol–water partition coefficient (Wildman–Crippen LogP) is 8.90. The van der Waals surface area contributed by atoms with Crippen molar-refractivity contribution in [2.45, 2.75) is 136 Å². The molecule has 1 N–H and O–H groups in total. The van der Waals surface area contributed by atoms with Crippen molar-refractivity contribution < 1.29 is 28.9 Å². The highest BCUT2D eigenvalue weighted by molar-refractivity contribution is 5.88. The number of unbranched alkanes of at least 4 members (excludes halogenated alkanes) is 2. The Labute approximate surface area is 279 Å². The number of aryl methyl sites for hydroxylation is 1. The molecule has 2 fully saturated rings. The van der Waals surface area contributed by atoms with Gasteiger partial charge in [0.05, 0.1) is 37.6 Å². The van der Waals surface area contributed by atoms with Crippen LogP contribution in [0.15, 0.2) is 48.6 Å². The van der Waals surface area contributed by atoms with Crippen molar-refractivity contribution in [3.63, 3.8) is 0 Å². The average Bonchev–Trinajstić information content (AvgIpc) is 3.07. The van der Waals surface area contributed by atoms with Crippen molar-refractivity contribution in [3.05, 3.63) is 59.7 Å². The first-order valence-corrected chi connectivity index (χ1v) is 18.1. The van der Waals surface area contributed by atoms with Crippen LogP contribution >= 0.6 is 0 Å². The Bertz CT molecular complexity index is 1080. The first kappa shape index (κ1) is 38.0. The summed E-state index contributed by atoms with van der Waals surface area (Å²) in [6, 6.07) is 9.06. The Morgan fingerprint density at radius 2 is 1.46 bits per heavy atom. The first-order valence-electron chi connectivity index (χ1n) is 18.1. The molecule has 0 aliphatic heterocycles. The Morgan fingerprint density at radius 1 is 0.870 bits per heavy atom. The minimum Gasteiger partial charge on any atom is -0.462 e. The van der Waals surface area contributed by atoms with E-state index in [1.165, 1.54) is 88.2 Å². The largest absolute Gasteiger partial charge is 0.462 e. The fourth-order valence-corrected chi connectivity index (χ4v) is 7.14. The number of hydrogen-bond acceptors (Lipinski definition) is 6. The normalized spacial score (nSPS) is 23.6. The lowest BCUT2D eigenvalue weighted by Crippen LogP contribution is -2.26. The lowest BCUT2D eigenvalue weighted by atomic mass is 9.68. The summed E-state index contributed by atoms with van der Waals surface area (Å²) >= 11 is 0. The molecule has 0 bridgehead atoms. The molecule has 258 valence electrons. The van der Waals surface area contributed by atoms with Gasteiger partial charge in [-0.3, -0.25) is 0 Å². The summed E-state index contributed by atoms with van der Waals surface area (Å²) in [4.78, 5) is 24.6. The molecule has 0 aromatic heterocycles. The number of carbonyl (C=O) groups is 2. The minimum atomic E-state index is -0.653. The summed E-state index contributed by atoms with van der Waals surface area (Å²) in [5, 5.41) is 9.59. The molecule has 2 saturated carbocycles. The fraction of sp³-hybridized carbons (Fsp3) is 0.700. The number of hydrogen-bond donors (Lipinski definition) is 1. The van der Waals surface area contributed by atoms with Gasteiger partial charge in [0.2, 0.25) is 0 Å². The molecule has 1 aromatic rings. The molecule has 0 heterocycles. The van der Waals surface area contributed by atoms with E-state index in [0.717, 1.165) is 24.2 Å². The topological polar surface area (TPSA) is 82.1 Å². The highest BCUT2D eigenvalue weighted by atomic mass is 16.6. The van der Waals surface area contributed by atoms with E-state index in [0.29, 0.717) is 17.9 Å².